The van der Waals surface area contributed by atoms with Crippen LogP contribution in [-0.2, 0) is 17.9 Å². The number of hydrogen-bond donors (Lipinski definition) is 1. The molecule has 0 aliphatic rings. The van der Waals surface area contributed by atoms with Crippen LogP contribution in [0, 0.1) is 15.9 Å². The summed E-state index contributed by atoms with van der Waals surface area (Å²) < 4.78 is 14.1. The van der Waals surface area contributed by atoms with Gasteiger partial charge in [0.15, 0.2) is 0 Å². The van der Waals surface area contributed by atoms with Gasteiger partial charge in [-0.1, -0.05) is 12.1 Å². The van der Waals surface area contributed by atoms with Crippen molar-refractivity contribution >= 4 is 11.6 Å². The van der Waals surface area contributed by atoms with Crippen molar-refractivity contribution in [1.82, 2.24) is 15.1 Å². The Morgan fingerprint density at radius 2 is 2.10 bits per heavy atom. The fourth-order valence-electron chi connectivity index (χ4n) is 1.68. The normalized spacial score (nSPS) is 10.3. The van der Waals surface area contributed by atoms with Crippen LogP contribution in [0.25, 0.3) is 0 Å². The lowest BCUT2D eigenvalue weighted by Crippen LogP contribution is -2.24. The second kappa shape index (κ2) is 6.60. The van der Waals surface area contributed by atoms with Crippen molar-refractivity contribution in [2.75, 3.05) is 0 Å². The van der Waals surface area contributed by atoms with E-state index in [0.29, 0.717) is 6.54 Å². The molecule has 0 saturated carbocycles. The zero-order valence-electron chi connectivity index (χ0n) is 11.0. The van der Waals surface area contributed by atoms with Crippen LogP contribution in [0.15, 0.2) is 36.7 Å². The Balaban J connectivity index is 1.76. The standard InChI is InChI=1S/C13H13FN4O3/c14-11-3-1-10(2-4-11)7-15-13(19)5-6-17-9-12(8-16-17)18(20)21/h1-4,8-9H,5-7H2,(H,15,19). The number of nitrogens with zero attached hydrogens (tertiary/aromatic N) is 3. The summed E-state index contributed by atoms with van der Waals surface area (Å²) in [6.07, 6.45) is 2.56. The van der Waals surface area contributed by atoms with Crippen LogP contribution in [0.5, 0.6) is 0 Å². The van der Waals surface area contributed by atoms with Crippen LogP contribution in [0.1, 0.15) is 12.0 Å². The van der Waals surface area contributed by atoms with E-state index < -0.39 is 4.92 Å². The van der Waals surface area contributed by atoms with Crippen molar-refractivity contribution < 1.29 is 14.1 Å². The average Bonchev–Trinajstić information content (AvgIpc) is 2.93. The van der Waals surface area contributed by atoms with E-state index in [0.717, 1.165) is 11.8 Å². The van der Waals surface area contributed by atoms with Crippen molar-refractivity contribution in [3.63, 3.8) is 0 Å². The molecule has 0 saturated heterocycles. The van der Waals surface area contributed by atoms with Gasteiger partial charge in [-0.25, -0.2) is 4.39 Å². The number of aryl methyl sites for hydroxylation is 1. The summed E-state index contributed by atoms with van der Waals surface area (Å²) in [4.78, 5) is 21.6. The highest BCUT2D eigenvalue weighted by molar-refractivity contribution is 5.75. The summed E-state index contributed by atoms with van der Waals surface area (Å²) >= 11 is 0. The fraction of sp³-hybridized carbons (Fsp3) is 0.231. The Hall–Kier alpha value is -2.77. The summed E-state index contributed by atoms with van der Waals surface area (Å²) in [5.74, 6) is -0.539. The van der Waals surface area contributed by atoms with Gasteiger partial charge in [0.05, 0.1) is 4.92 Å². The molecule has 1 aromatic carbocycles. The molecule has 1 aromatic heterocycles. The lowest BCUT2D eigenvalue weighted by molar-refractivity contribution is -0.385. The van der Waals surface area contributed by atoms with Crippen molar-refractivity contribution in [2.45, 2.75) is 19.5 Å². The number of nitro groups is 1. The molecule has 8 heteroatoms. The predicted octanol–water partition coefficient (Wildman–Crippen LogP) is 1.64. The fourth-order valence-corrected chi connectivity index (χ4v) is 1.68. The maximum absolute atomic E-state index is 12.7. The lowest BCUT2D eigenvalue weighted by Gasteiger charge is -2.05. The highest BCUT2D eigenvalue weighted by Crippen LogP contribution is 2.08. The molecule has 110 valence electrons. The molecule has 7 nitrogen and oxygen atoms in total. The van der Waals surface area contributed by atoms with E-state index in [-0.39, 0.29) is 30.4 Å². The van der Waals surface area contributed by atoms with E-state index in [9.17, 15) is 19.3 Å². The third-order valence-corrected chi connectivity index (χ3v) is 2.80. The van der Waals surface area contributed by atoms with Gasteiger partial charge >= 0.3 is 5.69 Å². The molecule has 0 aliphatic heterocycles. The van der Waals surface area contributed by atoms with E-state index in [4.69, 9.17) is 0 Å². The average molecular weight is 292 g/mol. The second-order valence-corrected chi connectivity index (χ2v) is 4.37. The largest absolute Gasteiger partial charge is 0.352 e. The Labute approximate surface area is 119 Å². The van der Waals surface area contributed by atoms with E-state index in [1.165, 1.54) is 23.0 Å². The number of aromatic nitrogens is 2. The molecule has 0 spiro atoms. The van der Waals surface area contributed by atoms with Gasteiger partial charge in [0.1, 0.15) is 18.2 Å². The van der Waals surface area contributed by atoms with E-state index >= 15 is 0 Å². The minimum Gasteiger partial charge on any atom is -0.352 e. The van der Waals surface area contributed by atoms with Crippen LogP contribution in [0.2, 0.25) is 0 Å². The summed E-state index contributed by atoms with van der Waals surface area (Å²) in [6, 6.07) is 5.83. The van der Waals surface area contributed by atoms with Gasteiger partial charge in [-0.2, -0.15) is 5.10 Å². The van der Waals surface area contributed by atoms with Crippen LogP contribution in [0.3, 0.4) is 0 Å². The van der Waals surface area contributed by atoms with E-state index in [1.807, 2.05) is 0 Å². The predicted molar refractivity (Wildman–Crippen MR) is 71.7 cm³/mol. The van der Waals surface area contributed by atoms with Gasteiger partial charge in [-0.3, -0.25) is 19.6 Å². The Kier molecular flexibility index (Phi) is 4.60. The Morgan fingerprint density at radius 3 is 2.71 bits per heavy atom. The summed E-state index contributed by atoms with van der Waals surface area (Å²) in [6.45, 7) is 0.557. The second-order valence-electron chi connectivity index (χ2n) is 4.37. The minimum atomic E-state index is -0.544. The molecule has 21 heavy (non-hydrogen) atoms. The molecule has 0 atom stereocenters. The molecule has 0 bridgehead atoms. The first kappa shape index (κ1) is 14.6. The summed E-state index contributed by atoms with van der Waals surface area (Å²) in [7, 11) is 0. The highest BCUT2D eigenvalue weighted by atomic mass is 19.1. The molecule has 2 rings (SSSR count). The van der Waals surface area contributed by atoms with Gasteiger partial charge in [0.25, 0.3) is 0 Å². The van der Waals surface area contributed by atoms with Gasteiger partial charge in [-0.15, -0.1) is 0 Å². The molecule has 1 amide bonds. The third-order valence-electron chi connectivity index (χ3n) is 2.80. The van der Waals surface area contributed by atoms with Gasteiger partial charge in [-0.05, 0) is 17.7 Å². The number of hydrogen-bond acceptors (Lipinski definition) is 4. The third kappa shape index (κ3) is 4.37. The number of carbonyl (C=O) groups is 1. The quantitative estimate of drug-likeness (QED) is 0.647. The van der Waals surface area contributed by atoms with Crippen LogP contribution < -0.4 is 5.32 Å². The van der Waals surface area contributed by atoms with Gasteiger partial charge in [0, 0.05) is 19.5 Å². The SMILES string of the molecule is O=C(CCn1cc([N+](=O)[O-])cn1)NCc1ccc(F)cc1. The first-order valence-corrected chi connectivity index (χ1v) is 6.22. The monoisotopic (exact) mass is 292 g/mol. The molecule has 0 radical (unpaired) electrons. The molecule has 0 aliphatic carbocycles. The lowest BCUT2D eigenvalue weighted by atomic mass is 10.2. The minimum absolute atomic E-state index is 0.110. The molecule has 0 unspecified atom stereocenters. The summed E-state index contributed by atoms with van der Waals surface area (Å²) in [5.41, 5.74) is 0.682. The first-order valence-electron chi connectivity index (χ1n) is 6.22. The molecule has 1 N–H and O–H groups in total. The van der Waals surface area contributed by atoms with Crippen molar-refractivity contribution in [3.8, 4) is 0 Å². The van der Waals surface area contributed by atoms with Crippen LogP contribution in [-0.4, -0.2) is 20.6 Å². The summed E-state index contributed by atoms with van der Waals surface area (Å²) in [5, 5.41) is 17.0. The number of nitrogens with one attached hydrogen (secondary N) is 1. The molecule has 2 aromatic rings. The van der Waals surface area contributed by atoms with Crippen LogP contribution >= 0.6 is 0 Å². The number of benzene rings is 1. The number of rotatable bonds is 6. The van der Waals surface area contributed by atoms with Crippen molar-refractivity contribution in [1.29, 1.82) is 0 Å². The maximum atomic E-state index is 12.7. The Bertz CT molecular complexity index is 639. The van der Waals surface area contributed by atoms with E-state index in [2.05, 4.69) is 10.4 Å². The maximum Gasteiger partial charge on any atom is 0.306 e. The van der Waals surface area contributed by atoms with Crippen molar-refractivity contribution in [3.05, 3.63) is 58.2 Å². The number of amides is 1. The van der Waals surface area contributed by atoms with Crippen LogP contribution in [0.4, 0.5) is 10.1 Å². The van der Waals surface area contributed by atoms with Crippen molar-refractivity contribution in [2.24, 2.45) is 0 Å². The van der Waals surface area contributed by atoms with Gasteiger partial charge in [0.2, 0.25) is 5.91 Å². The molecular formula is C13H13FN4O3. The van der Waals surface area contributed by atoms with Gasteiger partial charge < -0.3 is 5.32 Å². The Morgan fingerprint density at radius 1 is 1.38 bits per heavy atom. The zero-order chi connectivity index (χ0) is 15.2. The number of carbonyl (C=O) groups excluding carboxylic acids is 1. The number of halogens is 1. The topological polar surface area (TPSA) is 90.1 Å². The molecule has 1 heterocycles. The smallest absolute Gasteiger partial charge is 0.306 e. The molecule has 0 fully saturated rings. The van der Waals surface area contributed by atoms with E-state index in [1.54, 1.807) is 12.1 Å². The highest BCUT2D eigenvalue weighted by Gasteiger charge is 2.09. The molecular weight excluding hydrogens is 279 g/mol. The zero-order valence-corrected chi connectivity index (χ0v) is 11.0. The first-order chi connectivity index (χ1) is 10.0.